The van der Waals surface area contributed by atoms with Crippen LogP contribution in [0, 0.1) is 17.4 Å². The van der Waals surface area contributed by atoms with Crippen LogP contribution >= 0.6 is 0 Å². The van der Waals surface area contributed by atoms with Crippen LogP contribution in [-0.4, -0.2) is 46.8 Å². The second kappa shape index (κ2) is 8.04. The third kappa shape index (κ3) is 6.35. The van der Waals surface area contributed by atoms with E-state index in [9.17, 15) is 14.9 Å². The Balaban J connectivity index is 2.81. The van der Waals surface area contributed by atoms with E-state index in [4.69, 9.17) is 4.74 Å². The second-order valence-corrected chi connectivity index (χ2v) is 7.22. The van der Waals surface area contributed by atoms with Gasteiger partial charge in [0.2, 0.25) is 0 Å². The Bertz CT molecular complexity index is 465. The van der Waals surface area contributed by atoms with Gasteiger partial charge in [-0.2, -0.15) is 5.26 Å². The Hall–Kier alpha value is -1.97. The molecule has 23 heavy (non-hydrogen) atoms. The van der Waals surface area contributed by atoms with Crippen molar-refractivity contribution in [2.45, 2.75) is 65.5 Å². The molecule has 1 aliphatic heterocycles. The molecule has 7 nitrogen and oxygen atoms in total. The minimum absolute atomic E-state index is 0.221. The first-order valence-corrected chi connectivity index (χ1v) is 8.12. The van der Waals surface area contributed by atoms with Crippen molar-refractivity contribution in [2.75, 3.05) is 13.1 Å². The maximum atomic E-state index is 12.8. The Labute approximate surface area is 138 Å². The van der Waals surface area contributed by atoms with Gasteiger partial charge < -0.3 is 10.1 Å². The van der Waals surface area contributed by atoms with Crippen LogP contribution in [0.1, 0.15) is 53.9 Å². The predicted octanol–water partition coefficient (Wildman–Crippen LogP) is 2.25. The lowest BCUT2D eigenvalue weighted by molar-refractivity contribution is -0.149. The SMILES string of the molecule is CC(C)CC(NC(=O)OC(C)(C)C)C(=O)N1CCCCN1C#N. The van der Waals surface area contributed by atoms with Gasteiger partial charge >= 0.3 is 6.09 Å². The summed E-state index contributed by atoms with van der Waals surface area (Å²) >= 11 is 0. The van der Waals surface area contributed by atoms with E-state index in [1.165, 1.54) is 10.0 Å². The summed E-state index contributed by atoms with van der Waals surface area (Å²) in [5, 5.41) is 14.6. The Kier molecular flexibility index (Phi) is 6.67. The molecule has 1 heterocycles. The molecule has 1 atom stereocenters. The number of hydrogen-bond donors (Lipinski definition) is 1. The largest absolute Gasteiger partial charge is 0.444 e. The average molecular weight is 324 g/mol. The number of hydrogen-bond acceptors (Lipinski definition) is 5. The van der Waals surface area contributed by atoms with Crippen molar-refractivity contribution >= 4 is 12.0 Å². The highest BCUT2D eigenvalue weighted by Gasteiger charge is 2.32. The van der Waals surface area contributed by atoms with Crippen LogP contribution in [0.3, 0.4) is 0 Å². The first-order valence-electron chi connectivity index (χ1n) is 8.12. The molecule has 1 unspecified atom stereocenters. The number of nitrogens with zero attached hydrogens (tertiary/aromatic N) is 3. The van der Waals surface area contributed by atoms with E-state index < -0.39 is 17.7 Å². The summed E-state index contributed by atoms with van der Waals surface area (Å²) in [4.78, 5) is 24.8. The van der Waals surface area contributed by atoms with Gasteiger partial charge in [-0.05, 0) is 46.0 Å². The Morgan fingerprint density at radius 2 is 1.87 bits per heavy atom. The van der Waals surface area contributed by atoms with Crippen LogP contribution in [0.5, 0.6) is 0 Å². The number of carbonyl (C=O) groups is 2. The number of amides is 2. The monoisotopic (exact) mass is 324 g/mol. The Morgan fingerprint density at radius 1 is 1.26 bits per heavy atom. The van der Waals surface area contributed by atoms with E-state index in [0.717, 1.165) is 12.8 Å². The summed E-state index contributed by atoms with van der Waals surface area (Å²) in [5.41, 5.74) is -0.626. The lowest BCUT2D eigenvalue weighted by Gasteiger charge is -2.37. The van der Waals surface area contributed by atoms with Crippen molar-refractivity contribution in [2.24, 2.45) is 5.92 Å². The number of nitriles is 1. The topological polar surface area (TPSA) is 85.7 Å². The van der Waals surface area contributed by atoms with Gasteiger partial charge in [-0.1, -0.05) is 13.8 Å². The zero-order valence-electron chi connectivity index (χ0n) is 14.8. The molecule has 0 bridgehead atoms. The van der Waals surface area contributed by atoms with E-state index in [0.29, 0.717) is 19.5 Å². The first kappa shape index (κ1) is 19.1. The molecule has 1 aliphatic rings. The number of nitrogens with one attached hydrogen (secondary N) is 1. The normalized spacial score (nSPS) is 16.7. The molecule has 0 spiro atoms. The van der Waals surface area contributed by atoms with Crippen molar-refractivity contribution in [3.05, 3.63) is 0 Å². The minimum Gasteiger partial charge on any atom is -0.444 e. The molecular weight excluding hydrogens is 296 g/mol. The summed E-state index contributed by atoms with van der Waals surface area (Å²) in [5.74, 6) is -0.0370. The number of hydrazine groups is 1. The highest BCUT2D eigenvalue weighted by molar-refractivity contribution is 5.85. The van der Waals surface area contributed by atoms with Gasteiger partial charge in [0.05, 0.1) is 6.54 Å². The molecular formula is C16H28N4O3. The molecule has 7 heteroatoms. The van der Waals surface area contributed by atoms with Crippen molar-refractivity contribution in [1.29, 1.82) is 5.26 Å². The fraction of sp³-hybridized carbons (Fsp3) is 0.812. The third-order valence-electron chi connectivity index (χ3n) is 3.35. The standard InChI is InChI=1S/C16H28N4O3/c1-12(2)10-13(18-15(22)23-16(3,4)5)14(21)20-9-7-6-8-19(20)11-17/h12-13H,6-10H2,1-5H3,(H,18,22). The maximum Gasteiger partial charge on any atom is 0.408 e. The highest BCUT2D eigenvalue weighted by atomic mass is 16.6. The highest BCUT2D eigenvalue weighted by Crippen LogP contribution is 2.15. The van der Waals surface area contributed by atoms with Crippen LogP contribution in [0.25, 0.3) is 0 Å². The molecule has 0 aromatic rings. The fourth-order valence-corrected chi connectivity index (χ4v) is 2.42. The molecule has 0 saturated carbocycles. The van der Waals surface area contributed by atoms with Crippen LogP contribution in [0.15, 0.2) is 0 Å². The van der Waals surface area contributed by atoms with Gasteiger partial charge in [-0.3, -0.25) is 4.79 Å². The van der Waals surface area contributed by atoms with Crippen molar-refractivity contribution < 1.29 is 14.3 Å². The van der Waals surface area contributed by atoms with Gasteiger partial charge in [-0.15, -0.1) is 0 Å². The zero-order chi connectivity index (χ0) is 17.6. The molecule has 0 aliphatic carbocycles. The average Bonchev–Trinajstić information content (AvgIpc) is 2.43. The van der Waals surface area contributed by atoms with Crippen LogP contribution in [0.2, 0.25) is 0 Å². The summed E-state index contributed by atoms with van der Waals surface area (Å²) < 4.78 is 5.24. The van der Waals surface area contributed by atoms with E-state index in [-0.39, 0.29) is 11.8 Å². The van der Waals surface area contributed by atoms with E-state index in [2.05, 4.69) is 5.32 Å². The van der Waals surface area contributed by atoms with Gasteiger partial charge in [-0.25, -0.2) is 14.8 Å². The molecule has 1 saturated heterocycles. The summed E-state index contributed by atoms with van der Waals surface area (Å²) in [7, 11) is 0. The molecule has 0 aromatic carbocycles. The number of rotatable bonds is 4. The molecule has 130 valence electrons. The van der Waals surface area contributed by atoms with Gasteiger partial charge in [0.25, 0.3) is 5.91 Å². The predicted molar refractivity (Wildman–Crippen MR) is 85.9 cm³/mol. The maximum absolute atomic E-state index is 12.8. The van der Waals surface area contributed by atoms with Crippen LogP contribution < -0.4 is 5.32 Å². The molecule has 1 fully saturated rings. The second-order valence-electron chi connectivity index (χ2n) is 7.22. The Morgan fingerprint density at radius 3 is 2.39 bits per heavy atom. The fourth-order valence-electron chi connectivity index (χ4n) is 2.42. The van der Waals surface area contributed by atoms with E-state index in [1.807, 2.05) is 20.0 Å². The van der Waals surface area contributed by atoms with Crippen molar-refractivity contribution in [3.8, 4) is 6.19 Å². The zero-order valence-corrected chi connectivity index (χ0v) is 14.8. The molecule has 1 N–H and O–H groups in total. The quantitative estimate of drug-likeness (QED) is 0.802. The number of ether oxygens (including phenoxy) is 1. The minimum atomic E-state index is -0.696. The summed E-state index contributed by atoms with van der Waals surface area (Å²) in [6, 6.07) is -0.696. The van der Waals surface area contributed by atoms with Crippen LogP contribution in [-0.2, 0) is 9.53 Å². The van der Waals surface area contributed by atoms with E-state index >= 15 is 0 Å². The van der Waals surface area contributed by atoms with Gasteiger partial charge in [0.1, 0.15) is 11.6 Å². The number of carbonyl (C=O) groups excluding carboxylic acids is 2. The smallest absolute Gasteiger partial charge is 0.408 e. The number of alkyl carbamates (subject to hydrolysis) is 1. The third-order valence-corrected chi connectivity index (χ3v) is 3.35. The van der Waals surface area contributed by atoms with Gasteiger partial charge in [0, 0.05) is 6.54 Å². The first-order chi connectivity index (χ1) is 10.6. The lowest BCUT2D eigenvalue weighted by Crippen LogP contribution is -2.56. The van der Waals surface area contributed by atoms with Crippen LogP contribution in [0.4, 0.5) is 4.79 Å². The van der Waals surface area contributed by atoms with Gasteiger partial charge in [0.15, 0.2) is 6.19 Å². The summed E-state index contributed by atoms with van der Waals surface area (Å²) in [6.07, 6.45) is 3.64. The lowest BCUT2D eigenvalue weighted by atomic mass is 10.0. The summed E-state index contributed by atoms with van der Waals surface area (Å²) in [6.45, 7) is 10.3. The molecule has 2 amide bonds. The molecule has 0 radical (unpaired) electrons. The van der Waals surface area contributed by atoms with Crippen molar-refractivity contribution in [1.82, 2.24) is 15.3 Å². The molecule has 1 rings (SSSR count). The van der Waals surface area contributed by atoms with Crippen molar-refractivity contribution in [3.63, 3.8) is 0 Å². The van der Waals surface area contributed by atoms with E-state index in [1.54, 1.807) is 20.8 Å². The molecule has 0 aromatic heterocycles.